The minimum Gasteiger partial charge on any atom is -0.297 e. The summed E-state index contributed by atoms with van der Waals surface area (Å²) in [6.45, 7) is 0. The molecule has 0 unspecified atom stereocenters. The molecule has 76 valence electrons. The molecular formula is C10H5Cl2NOS. The van der Waals surface area contributed by atoms with Crippen LogP contribution in [0.4, 0.5) is 0 Å². The van der Waals surface area contributed by atoms with Crippen molar-refractivity contribution in [1.82, 2.24) is 4.98 Å². The second-order valence-electron chi connectivity index (χ2n) is 2.84. The van der Waals surface area contributed by atoms with Crippen molar-refractivity contribution >= 4 is 40.8 Å². The van der Waals surface area contributed by atoms with Gasteiger partial charge in [0.25, 0.3) is 0 Å². The molecule has 0 amide bonds. The van der Waals surface area contributed by atoms with Crippen molar-refractivity contribution in [2.24, 2.45) is 0 Å². The molecule has 1 heterocycles. The summed E-state index contributed by atoms with van der Waals surface area (Å²) in [5.74, 6) is 0. The van der Waals surface area contributed by atoms with Gasteiger partial charge in [-0.25, -0.2) is 4.98 Å². The van der Waals surface area contributed by atoms with Crippen molar-refractivity contribution in [3.8, 4) is 10.6 Å². The number of rotatable bonds is 2. The SMILES string of the molecule is O=Cc1cnc(-c2cc(Cl)cc(Cl)c2)s1. The van der Waals surface area contributed by atoms with Crippen LogP contribution in [0.1, 0.15) is 9.67 Å². The molecule has 0 aliphatic heterocycles. The summed E-state index contributed by atoms with van der Waals surface area (Å²) in [4.78, 5) is 15.2. The first-order valence-electron chi connectivity index (χ1n) is 4.06. The lowest BCUT2D eigenvalue weighted by atomic mass is 10.2. The third-order valence-electron chi connectivity index (χ3n) is 1.75. The van der Waals surface area contributed by atoms with Crippen LogP contribution in [0.25, 0.3) is 10.6 Å². The van der Waals surface area contributed by atoms with E-state index in [1.165, 1.54) is 17.5 Å². The lowest BCUT2D eigenvalue weighted by Crippen LogP contribution is -1.75. The zero-order chi connectivity index (χ0) is 10.8. The van der Waals surface area contributed by atoms with Crippen LogP contribution in [0, 0.1) is 0 Å². The first-order chi connectivity index (χ1) is 7.19. The number of hydrogen-bond donors (Lipinski definition) is 0. The molecule has 1 aromatic heterocycles. The molecule has 0 bridgehead atoms. The van der Waals surface area contributed by atoms with E-state index in [9.17, 15) is 4.79 Å². The highest BCUT2D eigenvalue weighted by atomic mass is 35.5. The van der Waals surface area contributed by atoms with Crippen LogP contribution in [-0.2, 0) is 0 Å². The van der Waals surface area contributed by atoms with Crippen molar-refractivity contribution in [3.05, 3.63) is 39.3 Å². The van der Waals surface area contributed by atoms with Gasteiger partial charge in [0.1, 0.15) is 5.01 Å². The van der Waals surface area contributed by atoms with Crippen molar-refractivity contribution < 1.29 is 4.79 Å². The Hall–Kier alpha value is -0.900. The molecule has 2 rings (SSSR count). The molecule has 1 aromatic carbocycles. The maximum atomic E-state index is 10.5. The van der Waals surface area contributed by atoms with Gasteiger partial charge in [0.05, 0.1) is 4.88 Å². The van der Waals surface area contributed by atoms with Crippen LogP contribution in [0.3, 0.4) is 0 Å². The number of carbonyl (C=O) groups excluding carboxylic acids is 1. The molecule has 5 heteroatoms. The highest BCUT2D eigenvalue weighted by Gasteiger charge is 2.06. The quantitative estimate of drug-likeness (QED) is 0.764. The Morgan fingerprint density at radius 3 is 2.40 bits per heavy atom. The van der Waals surface area contributed by atoms with Crippen LogP contribution in [0.5, 0.6) is 0 Å². The fraction of sp³-hybridized carbons (Fsp3) is 0. The molecule has 0 N–H and O–H groups in total. The van der Waals surface area contributed by atoms with E-state index in [2.05, 4.69) is 4.98 Å². The molecule has 0 fully saturated rings. The number of aromatic nitrogens is 1. The maximum absolute atomic E-state index is 10.5. The molecular weight excluding hydrogens is 253 g/mol. The lowest BCUT2D eigenvalue weighted by molar-refractivity contribution is 0.112. The number of nitrogens with zero attached hydrogens (tertiary/aromatic N) is 1. The van der Waals surface area contributed by atoms with E-state index in [1.54, 1.807) is 18.2 Å². The minimum atomic E-state index is 0.556. The standard InChI is InChI=1S/C10H5Cl2NOS/c11-7-1-6(2-8(12)3-7)10-13-4-9(5-14)15-10/h1-5H. The van der Waals surface area contributed by atoms with Gasteiger partial charge in [-0.3, -0.25) is 4.79 Å². The molecule has 0 atom stereocenters. The third-order valence-corrected chi connectivity index (χ3v) is 3.16. The van der Waals surface area contributed by atoms with Crippen molar-refractivity contribution in [1.29, 1.82) is 0 Å². The van der Waals surface area contributed by atoms with Crippen LogP contribution in [0.2, 0.25) is 10.0 Å². The topological polar surface area (TPSA) is 30.0 Å². The van der Waals surface area contributed by atoms with Gasteiger partial charge in [0, 0.05) is 21.8 Å². The summed E-state index contributed by atoms with van der Waals surface area (Å²) in [6.07, 6.45) is 2.30. The van der Waals surface area contributed by atoms with Gasteiger partial charge >= 0.3 is 0 Å². The Morgan fingerprint density at radius 2 is 1.87 bits per heavy atom. The molecule has 2 nitrogen and oxygen atoms in total. The average Bonchev–Trinajstić information content (AvgIpc) is 2.64. The summed E-state index contributed by atoms with van der Waals surface area (Å²) in [7, 11) is 0. The van der Waals surface area contributed by atoms with E-state index in [-0.39, 0.29) is 0 Å². The Morgan fingerprint density at radius 1 is 1.20 bits per heavy atom. The largest absolute Gasteiger partial charge is 0.297 e. The van der Waals surface area contributed by atoms with Gasteiger partial charge in [-0.1, -0.05) is 23.2 Å². The van der Waals surface area contributed by atoms with Crippen LogP contribution >= 0.6 is 34.5 Å². The Kier molecular flexibility index (Phi) is 3.05. The van der Waals surface area contributed by atoms with Gasteiger partial charge < -0.3 is 0 Å². The fourth-order valence-corrected chi connectivity index (χ4v) is 2.40. The Labute approximate surface area is 100 Å². The van der Waals surface area contributed by atoms with Gasteiger partial charge in [-0.05, 0) is 18.2 Å². The Balaban J connectivity index is 2.48. The minimum absolute atomic E-state index is 0.556. The monoisotopic (exact) mass is 257 g/mol. The number of benzene rings is 1. The molecule has 15 heavy (non-hydrogen) atoms. The van der Waals surface area contributed by atoms with Gasteiger partial charge in [0.15, 0.2) is 6.29 Å². The lowest BCUT2D eigenvalue weighted by Gasteiger charge is -1.98. The number of carbonyl (C=O) groups is 1. The summed E-state index contributed by atoms with van der Waals surface area (Å²) in [5.41, 5.74) is 0.825. The molecule has 0 aliphatic carbocycles. The van der Waals surface area contributed by atoms with Crippen molar-refractivity contribution in [2.45, 2.75) is 0 Å². The second-order valence-corrected chi connectivity index (χ2v) is 4.78. The molecule has 0 saturated heterocycles. The zero-order valence-electron chi connectivity index (χ0n) is 7.41. The number of thiazole rings is 1. The van der Waals surface area contributed by atoms with Crippen LogP contribution in [-0.4, -0.2) is 11.3 Å². The van der Waals surface area contributed by atoms with Gasteiger partial charge in [-0.2, -0.15) is 0 Å². The first kappa shape index (κ1) is 10.6. The van der Waals surface area contributed by atoms with E-state index >= 15 is 0 Å². The van der Waals surface area contributed by atoms with E-state index in [0.29, 0.717) is 14.9 Å². The van der Waals surface area contributed by atoms with E-state index in [1.807, 2.05) is 0 Å². The molecule has 0 radical (unpaired) electrons. The van der Waals surface area contributed by atoms with E-state index in [4.69, 9.17) is 23.2 Å². The smallest absolute Gasteiger partial charge is 0.161 e. The highest BCUT2D eigenvalue weighted by molar-refractivity contribution is 7.16. The highest BCUT2D eigenvalue weighted by Crippen LogP contribution is 2.29. The third kappa shape index (κ3) is 2.37. The number of hydrogen-bond acceptors (Lipinski definition) is 3. The summed E-state index contributed by atoms with van der Waals surface area (Å²) in [6, 6.07) is 5.18. The zero-order valence-corrected chi connectivity index (χ0v) is 9.73. The predicted molar refractivity (Wildman–Crippen MR) is 63.0 cm³/mol. The van der Waals surface area contributed by atoms with Gasteiger partial charge in [-0.15, -0.1) is 11.3 Å². The summed E-state index contributed by atoms with van der Waals surface area (Å²) >= 11 is 13.0. The average molecular weight is 258 g/mol. The molecule has 2 aromatic rings. The predicted octanol–water partition coefficient (Wildman–Crippen LogP) is 3.93. The van der Waals surface area contributed by atoms with Crippen LogP contribution in [0.15, 0.2) is 24.4 Å². The van der Waals surface area contributed by atoms with Crippen LogP contribution < -0.4 is 0 Å². The summed E-state index contributed by atoms with van der Waals surface area (Å²) < 4.78 is 0. The van der Waals surface area contributed by atoms with Gasteiger partial charge in [0.2, 0.25) is 0 Å². The number of aldehydes is 1. The van der Waals surface area contributed by atoms with Crippen molar-refractivity contribution in [2.75, 3.05) is 0 Å². The molecule has 0 spiro atoms. The second kappa shape index (κ2) is 4.31. The molecule has 0 aliphatic rings. The summed E-state index contributed by atoms with van der Waals surface area (Å²) in [5, 5.41) is 1.85. The maximum Gasteiger partial charge on any atom is 0.161 e. The normalized spacial score (nSPS) is 10.3. The molecule has 0 saturated carbocycles. The van der Waals surface area contributed by atoms with E-state index in [0.717, 1.165) is 16.9 Å². The Bertz CT molecular complexity index is 490. The first-order valence-corrected chi connectivity index (χ1v) is 5.64. The fourth-order valence-electron chi connectivity index (χ4n) is 1.15. The van der Waals surface area contributed by atoms with E-state index < -0.39 is 0 Å². The van der Waals surface area contributed by atoms with Crippen molar-refractivity contribution in [3.63, 3.8) is 0 Å². The number of halogens is 2.